The van der Waals surface area contributed by atoms with Crippen molar-refractivity contribution < 1.29 is 4.79 Å². The van der Waals surface area contributed by atoms with Crippen LogP contribution in [0.2, 0.25) is 0 Å². The number of fused-ring (bicyclic) bond motifs is 2. The second kappa shape index (κ2) is 9.02. The fourth-order valence-corrected chi connectivity index (χ4v) is 4.41. The van der Waals surface area contributed by atoms with Crippen LogP contribution in [0.1, 0.15) is 65.7 Å². The van der Waals surface area contributed by atoms with Gasteiger partial charge in [0.1, 0.15) is 0 Å². The highest BCUT2D eigenvalue weighted by molar-refractivity contribution is 5.97. The molecule has 1 aromatic carbocycles. The van der Waals surface area contributed by atoms with Crippen molar-refractivity contribution >= 4 is 16.9 Å². The second-order valence-corrected chi connectivity index (χ2v) is 8.28. The van der Waals surface area contributed by atoms with E-state index in [0.717, 1.165) is 71.3 Å². The maximum Gasteiger partial charge on any atom is 0.251 e. The minimum Gasteiger partial charge on any atom is -0.345 e. The number of benzene rings is 1. The molecule has 7 nitrogen and oxygen atoms in total. The van der Waals surface area contributed by atoms with Crippen molar-refractivity contribution in [1.82, 2.24) is 30.2 Å². The molecule has 3 aromatic heterocycles. The number of aryl methyl sites for hydroxylation is 3. The lowest BCUT2D eigenvalue weighted by Gasteiger charge is -2.25. The molecule has 0 bridgehead atoms. The molecule has 1 aliphatic rings. The smallest absolute Gasteiger partial charge is 0.251 e. The number of aromatic nitrogens is 5. The summed E-state index contributed by atoms with van der Waals surface area (Å²) in [6, 6.07) is 9.26. The Labute approximate surface area is 192 Å². The summed E-state index contributed by atoms with van der Waals surface area (Å²) in [7, 11) is 0. The van der Waals surface area contributed by atoms with Crippen molar-refractivity contribution in [2.75, 3.05) is 0 Å². The molecule has 0 saturated carbocycles. The molecule has 1 N–H and O–H groups in total. The lowest BCUT2D eigenvalue weighted by Crippen LogP contribution is -2.31. The van der Waals surface area contributed by atoms with Crippen molar-refractivity contribution in [3.05, 3.63) is 77.1 Å². The molecule has 166 valence electrons. The van der Waals surface area contributed by atoms with Crippen LogP contribution in [0.25, 0.3) is 22.4 Å². The molecule has 7 heteroatoms. The van der Waals surface area contributed by atoms with Gasteiger partial charge >= 0.3 is 0 Å². The summed E-state index contributed by atoms with van der Waals surface area (Å²) in [5.41, 5.74) is 7.04. The lowest BCUT2D eigenvalue weighted by atomic mass is 9.92. The molecule has 33 heavy (non-hydrogen) atoms. The maximum absolute atomic E-state index is 13.1. The van der Waals surface area contributed by atoms with Crippen molar-refractivity contribution in [1.29, 1.82) is 0 Å². The average molecular weight is 439 g/mol. The van der Waals surface area contributed by atoms with Gasteiger partial charge in [0.25, 0.3) is 5.91 Å². The van der Waals surface area contributed by atoms with Gasteiger partial charge < -0.3 is 5.32 Å². The van der Waals surface area contributed by atoms with Crippen molar-refractivity contribution in [2.24, 2.45) is 0 Å². The molecule has 1 aliphatic carbocycles. The Morgan fingerprint density at radius 3 is 2.61 bits per heavy atom. The zero-order valence-electron chi connectivity index (χ0n) is 18.9. The number of pyridine rings is 1. The standard InChI is InChI=1S/C26H26N6O/c1-3-19-20(4-2)30-24-13-16(10-11-23(24)29-19)26(33)32-22-9-5-8-21-18(22)15-28-25(31-21)17-7-6-12-27-14-17/h6-7,10-15,22H,3-5,8-9H2,1-2H3,(H,32,33). The van der Waals surface area contributed by atoms with E-state index in [4.69, 9.17) is 15.0 Å². The normalized spacial score (nSPS) is 15.3. The first kappa shape index (κ1) is 21.1. The summed E-state index contributed by atoms with van der Waals surface area (Å²) in [5, 5.41) is 3.19. The van der Waals surface area contributed by atoms with Crippen LogP contribution in [0.4, 0.5) is 0 Å². The number of amides is 1. The Morgan fingerprint density at radius 2 is 1.85 bits per heavy atom. The predicted molar refractivity (Wildman–Crippen MR) is 127 cm³/mol. The summed E-state index contributed by atoms with van der Waals surface area (Å²) >= 11 is 0. The second-order valence-electron chi connectivity index (χ2n) is 8.28. The number of rotatable bonds is 5. The summed E-state index contributed by atoms with van der Waals surface area (Å²) in [6.45, 7) is 4.16. The third-order valence-electron chi connectivity index (χ3n) is 6.16. The summed E-state index contributed by atoms with van der Waals surface area (Å²) < 4.78 is 0. The van der Waals surface area contributed by atoms with Gasteiger partial charge in [0, 0.05) is 41.0 Å². The third-order valence-corrected chi connectivity index (χ3v) is 6.16. The van der Waals surface area contributed by atoms with E-state index >= 15 is 0 Å². The largest absolute Gasteiger partial charge is 0.345 e. The van der Waals surface area contributed by atoms with Crippen molar-refractivity contribution in [2.45, 2.75) is 52.0 Å². The van der Waals surface area contributed by atoms with Gasteiger partial charge in [-0.3, -0.25) is 9.78 Å². The fourth-order valence-electron chi connectivity index (χ4n) is 4.41. The van der Waals surface area contributed by atoms with Gasteiger partial charge in [-0.05, 0) is 62.4 Å². The fraction of sp³-hybridized carbons (Fsp3) is 0.308. The quantitative estimate of drug-likeness (QED) is 0.496. The van der Waals surface area contributed by atoms with Gasteiger partial charge in [0.2, 0.25) is 0 Å². The van der Waals surface area contributed by atoms with E-state index in [1.54, 1.807) is 12.4 Å². The summed E-state index contributed by atoms with van der Waals surface area (Å²) in [5.74, 6) is 0.547. The molecule has 0 aliphatic heterocycles. The number of carbonyl (C=O) groups excluding carboxylic acids is 1. The van der Waals surface area contributed by atoms with E-state index in [0.29, 0.717) is 11.4 Å². The molecule has 4 aromatic rings. The maximum atomic E-state index is 13.1. The van der Waals surface area contributed by atoms with Crippen molar-refractivity contribution in [3.8, 4) is 11.4 Å². The zero-order chi connectivity index (χ0) is 22.8. The SMILES string of the molecule is CCc1nc2ccc(C(=O)NC3CCCc4nc(-c5cccnc5)ncc43)cc2nc1CC. The molecule has 0 spiro atoms. The van der Waals surface area contributed by atoms with E-state index in [2.05, 4.69) is 29.1 Å². The average Bonchev–Trinajstić information content (AvgIpc) is 2.87. The van der Waals surface area contributed by atoms with E-state index in [1.165, 1.54) is 0 Å². The topological polar surface area (TPSA) is 93.6 Å². The van der Waals surface area contributed by atoms with Gasteiger partial charge in [0.15, 0.2) is 5.82 Å². The first-order chi connectivity index (χ1) is 16.2. The first-order valence-corrected chi connectivity index (χ1v) is 11.5. The molecule has 1 amide bonds. The molecular formula is C26H26N6O. The molecule has 1 atom stereocenters. The third kappa shape index (κ3) is 4.18. The molecule has 0 fully saturated rings. The monoisotopic (exact) mass is 438 g/mol. The van der Waals surface area contributed by atoms with Crippen LogP contribution in [-0.4, -0.2) is 30.8 Å². The van der Waals surface area contributed by atoms with Crippen LogP contribution < -0.4 is 5.32 Å². The van der Waals surface area contributed by atoms with E-state index in [9.17, 15) is 4.79 Å². The van der Waals surface area contributed by atoms with E-state index in [1.807, 2.05) is 36.5 Å². The molecule has 1 unspecified atom stereocenters. The van der Waals surface area contributed by atoms with Crippen LogP contribution in [0.5, 0.6) is 0 Å². The highest BCUT2D eigenvalue weighted by Gasteiger charge is 2.24. The number of hydrogen-bond acceptors (Lipinski definition) is 6. The van der Waals surface area contributed by atoms with E-state index < -0.39 is 0 Å². The minimum atomic E-state index is -0.120. The van der Waals surface area contributed by atoms with Crippen LogP contribution in [0, 0.1) is 0 Å². The summed E-state index contributed by atoms with van der Waals surface area (Å²) in [4.78, 5) is 36.1. The molecule has 5 rings (SSSR count). The van der Waals surface area contributed by atoms with Gasteiger partial charge in [-0.25, -0.2) is 19.9 Å². The Balaban J connectivity index is 1.40. The van der Waals surface area contributed by atoms with Crippen LogP contribution in [0.3, 0.4) is 0 Å². The molecule has 3 heterocycles. The Morgan fingerprint density at radius 1 is 1.03 bits per heavy atom. The number of nitrogens with zero attached hydrogens (tertiary/aromatic N) is 5. The van der Waals surface area contributed by atoms with Crippen LogP contribution in [-0.2, 0) is 19.3 Å². The van der Waals surface area contributed by atoms with Crippen LogP contribution in [0.15, 0.2) is 48.9 Å². The van der Waals surface area contributed by atoms with E-state index in [-0.39, 0.29) is 11.9 Å². The van der Waals surface area contributed by atoms with Gasteiger partial charge in [-0.15, -0.1) is 0 Å². The number of hydrogen-bond donors (Lipinski definition) is 1. The molecule has 0 saturated heterocycles. The predicted octanol–water partition coefficient (Wildman–Crippen LogP) is 4.41. The zero-order valence-corrected chi connectivity index (χ0v) is 18.9. The van der Waals surface area contributed by atoms with Gasteiger partial charge in [0.05, 0.1) is 28.5 Å². The number of nitrogens with one attached hydrogen (secondary N) is 1. The number of carbonyl (C=O) groups is 1. The Hall–Kier alpha value is -3.74. The molecule has 0 radical (unpaired) electrons. The highest BCUT2D eigenvalue weighted by Crippen LogP contribution is 2.30. The first-order valence-electron chi connectivity index (χ1n) is 11.5. The molecular weight excluding hydrogens is 412 g/mol. The Bertz CT molecular complexity index is 1320. The summed E-state index contributed by atoms with van der Waals surface area (Å²) in [6.07, 6.45) is 9.72. The van der Waals surface area contributed by atoms with Crippen LogP contribution >= 0.6 is 0 Å². The van der Waals surface area contributed by atoms with Crippen molar-refractivity contribution in [3.63, 3.8) is 0 Å². The lowest BCUT2D eigenvalue weighted by molar-refractivity contribution is 0.0932. The van der Waals surface area contributed by atoms with Gasteiger partial charge in [-0.1, -0.05) is 13.8 Å². The highest BCUT2D eigenvalue weighted by atomic mass is 16.1. The minimum absolute atomic E-state index is 0.111. The Kier molecular flexibility index (Phi) is 5.77. The van der Waals surface area contributed by atoms with Gasteiger partial charge in [-0.2, -0.15) is 0 Å².